The van der Waals surface area contributed by atoms with E-state index < -0.39 is 0 Å². The molecule has 0 saturated carbocycles. The van der Waals surface area contributed by atoms with Gasteiger partial charge in [-0.2, -0.15) is 0 Å². The van der Waals surface area contributed by atoms with E-state index in [-0.39, 0.29) is 12.4 Å². The molecule has 0 radical (unpaired) electrons. The van der Waals surface area contributed by atoms with Crippen LogP contribution in [-0.2, 0) is 0 Å². The molecule has 1 nitrogen and oxygen atoms in total. The molecule has 0 N–H and O–H groups in total. The Bertz CT molecular complexity index is 153. The first-order valence-electron chi connectivity index (χ1n) is 7.10. The molecule has 0 aromatic carbocycles. The van der Waals surface area contributed by atoms with E-state index in [1.807, 2.05) is 0 Å². The van der Waals surface area contributed by atoms with Crippen molar-refractivity contribution in [2.24, 2.45) is 0 Å². The second kappa shape index (κ2) is 9.30. The average molecular weight is 248 g/mol. The minimum Gasteiger partial charge on any atom is -1.00 e. The third kappa shape index (κ3) is 6.75. The van der Waals surface area contributed by atoms with E-state index in [0.717, 1.165) is 0 Å². The molecule has 0 bridgehead atoms. The Kier molecular flexibility index (Phi) is 9.44. The van der Waals surface area contributed by atoms with Crippen molar-refractivity contribution in [3.8, 4) is 0 Å². The topological polar surface area (TPSA) is 0 Å². The molecule has 1 saturated heterocycles. The van der Waals surface area contributed by atoms with Crippen molar-refractivity contribution >= 4 is 0 Å². The van der Waals surface area contributed by atoms with Crippen LogP contribution >= 0.6 is 0 Å². The van der Waals surface area contributed by atoms with Gasteiger partial charge in [-0.25, -0.2) is 0 Å². The molecule has 1 rings (SSSR count). The van der Waals surface area contributed by atoms with E-state index in [2.05, 4.69) is 14.0 Å². The summed E-state index contributed by atoms with van der Waals surface area (Å²) < 4.78 is 1.37. The summed E-state index contributed by atoms with van der Waals surface area (Å²) >= 11 is 0. The first-order valence-corrected chi connectivity index (χ1v) is 7.10. The van der Waals surface area contributed by atoms with Crippen molar-refractivity contribution in [1.82, 2.24) is 0 Å². The lowest BCUT2D eigenvalue weighted by Gasteiger charge is -2.37. The second-order valence-corrected chi connectivity index (χ2v) is 5.62. The van der Waals surface area contributed by atoms with Crippen molar-refractivity contribution in [3.05, 3.63) is 0 Å². The normalized spacial score (nSPS) is 19.1. The smallest absolute Gasteiger partial charge is 0.0784 e. The third-order valence-corrected chi connectivity index (χ3v) is 3.95. The average Bonchev–Trinajstić information content (AvgIpc) is 2.24. The molecule has 0 aromatic heterocycles. The number of likely N-dealkylation sites (tertiary alicyclic amines) is 1. The van der Waals surface area contributed by atoms with Crippen LogP contribution in [0.5, 0.6) is 0 Å². The molecule has 1 heterocycles. The van der Waals surface area contributed by atoms with Gasteiger partial charge in [0.05, 0.1) is 26.7 Å². The minimum absolute atomic E-state index is 0. The van der Waals surface area contributed by atoms with Gasteiger partial charge < -0.3 is 16.9 Å². The van der Waals surface area contributed by atoms with Crippen molar-refractivity contribution in [1.29, 1.82) is 0 Å². The molecule has 0 aliphatic carbocycles. The zero-order valence-corrected chi connectivity index (χ0v) is 12.1. The van der Waals surface area contributed by atoms with E-state index in [0.29, 0.717) is 0 Å². The summed E-state index contributed by atoms with van der Waals surface area (Å²) in [4.78, 5) is 0. The van der Waals surface area contributed by atoms with Crippen LogP contribution < -0.4 is 12.4 Å². The highest BCUT2D eigenvalue weighted by Crippen LogP contribution is 2.17. The first-order chi connectivity index (χ1) is 7.27. The molecular weight excluding hydrogens is 218 g/mol. The van der Waals surface area contributed by atoms with Crippen LogP contribution in [0.3, 0.4) is 0 Å². The van der Waals surface area contributed by atoms with Crippen LogP contribution in [-0.4, -0.2) is 31.2 Å². The van der Waals surface area contributed by atoms with Gasteiger partial charge in [-0.15, -0.1) is 0 Å². The van der Waals surface area contributed by atoms with Gasteiger partial charge in [0.1, 0.15) is 0 Å². The van der Waals surface area contributed by atoms with Crippen molar-refractivity contribution in [2.75, 3.05) is 26.7 Å². The van der Waals surface area contributed by atoms with Crippen LogP contribution in [0.25, 0.3) is 0 Å². The highest BCUT2D eigenvalue weighted by atomic mass is 35.5. The number of hydrogen-bond acceptors (Lipinski definition) is 0. The Morgan fingerprint density at radius 3 is 2.00 bits per heavy atom. The maximum absolute atomic E-state index is 2.46. The number of quaternary nitrogens is 1. The zero-order chi connectivity index (χ0) is 11.0. The second-order valence-electron chi connectivity index (χ2n) is 5.62. The minimum atomic E-state index is 0. The zero-order valence-electron chi connectivity index (χ0n) is 11.3. The Hall–Kier alpha value is 0.250. The van der Waals surface area contributed by atoms with E-state index in [1.165, 1.54) is 81.9 Å². The van der Waals surface area contributed by atoms with Gasteiger partial charge in [-0.3, -0.25) is 0 Å². The lowest BCUT2D eigenvalue weighted by atomic mass is 10.1. The van der Waals surface area contributed by atoms with Crippen LogP contribution in [0.15, 0.2) is 0 Å². The predicted octanol–water partition coefficient (Wildman–Crippen LogP) is 0.981. The van der Waals surface area contributed by atoms with Crippen LogP contribution in [0, 0.1) is 0 Å². The maximum atomic E-state index is 2.46. The standard InChI is InChI=1S/C14H30N.ClH/c1-3-4-5-6-7-9-12-15(2)13-10-8-11-14-15;/h3-14H2,1-2H3;1H/q+1;/p-1. The van der Waals surface area contributed by atoms with Gasteiger partial charge in [-0.05, 0) is 32.1 Å². The Balaban J connectivity index is 0.00000225. The summed E-state index contributed by atoms with van der Waals surface area (Å²) in [5.74, 6) is 0. The Morgan fingerprint density at radius 1 is 0.812 bits per heavy atom. The van der Waals surface area contributed by atoms with Gasteiger partial charge in [0.15, 0.2) is 0 Å². The molecule has 1 fully saturated rings. The van der Waals surface area contributed by atoms with Gasteiger partial charge >= 0.3 is 0 Å². The van der Waals surface area contributed by atoms with E-state index in [4.69, 9.17) is 0 Å². The lowest BCUT2D eigenvalue weighted by Crippen LogP contribution is -3.00. The first kappa shape index (κ1) is 16.2. The van der Waals surface area contributed by atoms with Gasteiger partial charge in [0, 0.05) is 0 Å². The van der Waals surface area contributed by atoms with E-state index >= 15 is 0 Å². The summed E-state index contributed by atoms with van der Waals surface area (Å²) in [5, 5.41) is 0. The van der Waals surface area contributed by atoms with Crippen molar-refractivity contribution in [3.63, 3.8) is 0 Å². The van der Waals surface area contributed by atoms with Crippen LogP contribution in [0.1, 0.15) is 64.7 Å². The SMILES string of the molecule is CCCCCCCC[N+]1(C)CCCCC1.[Cl-]. The summed E-state index contributed by atoms with van der Waals surface area (Å²) in [7, 11) is 2.46. The molecule has 1 aliphatic heterocycles. The quantitative estimate of drug-likeness (QED) is 0.465. The third-order valence-electron chi connectivity index (χ3n) is 3.95. The van der Waals surface area contributed by atoms with Gasteiger partial charge in [0.25, 0.3) is 0 Å². The molecule has 1 aliphatic rings. The highest BCUT2D eigenvalue weighted by Gasteiger charge is 2.23. The summed E-state index contributed by atoms with van der Waals surface area (Å²) in [5.41, 5.74) is 0. The summed E-state index contributed by atoms with van der Waals surface area (Å²) in [6, 6.07) is 0. The number of unbranched alkanes of at least 4 members (excludes halogenated alkanes) is 5. The summed E-state index contributed by atoms with van der Waals surface area (Å²) in [6.45, 7) is 6.61. The molecular formula is C14H30ClN. The highest BCUT2D eigenvalue weighted by molar-refractivity contribution is 4.52. The Labute approximate surface area is 109 Å². The predicted molar refractivity (Wildman–Crippen MR) is 68.0 cm³/mol. The number of hydrogen-bond donors (Lipinski definition) is 0. The largest absolute Gasteiger partial charge is 1.00 e. The van der Waals surface area contributed by atoms with E-state index in [1.54, 1.807) is 0 Å². The lowest BCUT2D eigenvalue weighted by molar-refractivity contribution is -0.914. The molecule has 0 aromatic rings. The number of nitrogens with zero attached hydrogens (tertiary/aromatic N) is 1. The molecule has 16 heavy (non-hydrogen) atoms. The fourth-order valence-electron chi connectivity index (χ4n) is 2.77. The fourth-order valence-corrected chi connectivity index (χ4v) is 2.77. The van der Waals surface area contributed by atoms with Crippen molar-refractivity contribution in [2.45, 2.75) is 64.7 Å². The molecule has 0 unspecified atom stereocenters. The monoisotopic (exact) mass is 247 g/mol. The van der Waals surface area contributed by atoms with Gasteiger partial charge in [-0.1, -0.05) is 32.6 Å². The van der Waals surface area contributed by atoms with Crippen LogP contribution in [0.4, 0.5) is 0 Å². The molecule has 2 heteroatoms. The van der Waals surface area contributed by atoms with E-state index in [9.17, 15) is 0 Å². The Morgan fingerprint density at radius 2 is 1.38 bits per heavy atom. The number of rotatable bonds is 7. The molecule has 0 atom stereocenters. The molecule has 0 amide bonds. The molecule has 98 valence electrons. The van der Waals surface area contributed by atoms with Gasteiger partial charge in [0.2, 0.25) is 0 Å². The fraction of sp³-hybridized carbons (Fsp3) is 1.00. The number of halogens is 1. The maximum Gasteiger partial charge on any atom is 0.0784 e. The number of piperidine rings is 1. The molecule has 0 spiro atoms. The van der Waals surface area contributed by atoms with Crippen molar-refractivity contribution < 1.29 is 16.9 Å². The summed E-state index contributed by atoms with van der Waals surface area (Å²) in [6.07, 6.45) is 13.1. The van der Waals surface area contributed by atoms with Crippen LogP contribution in [0.2, 0.25) is 0 Å².